The number of aliphatic hydroxyl groups is 1. The minimum atomic E-state index is -0.839. The van der Waals surface area contributed by atoms with Gasteiger partial charge in [-0.3, -0.25) is 9.48 Å². The topological polar surface area (TPSA) is 72.9 Å². The number of aryl methyl sites for hydroxylation is 1. The van der Waals surface area contributed by atoms with E-state index in [1.807, 2.05) is 24.3 Å². The molecule has 2 aromatic heterocycles. The predicted molar refractivity (Wildman–Crippen MR) is 116 cm³/mol. The standard InChI is InChI=1S/C24H28N4O2/c29-21-13-12-19(25-28(21)17-24(30)14-6-2-7-15-24)22-20-11-5-8-16-27(20)26-23(22)18-9-3-1-4-10-18/h1,3-4,9-10,12-13,30H,2,5-8,11,14-17H2. The average molecular weight is 405 g/mol. The van der Waals surface area contributed by atoms with E-state index >= 15 is 0 Å². The molecular formula is C24H28N4O2. The molecule has 0 bridgehead atoms. The van der Waals surface area contributed by atoms with Crippen LogP contribution in [-0.2, 0) is 19.5 Å². The van der Waals surface area contributed by atoms with Crippen molar-refractivity contribution in [3.05, 3.63) is 58.5 Å². The molecule has 0 unspecified atom stereocenters. The van der Waals surface area contributed by atoms with Crippen LogP contribution in [0.4, 0.5) is 0 Å². The van der Waals surface area contributed by atoms with Crippen LogP contribution in [0.15, 0.2) is 47.3 Å². The lowest BCUT2D eigenvalue weighted by atomic mass is 9.85. The molecule has 30 heavy (non-hydrogen) atoms. The van der Waals surface area contributed by atoms with Gasteiger partial charge in [-0.05, 0) is 38.2 Å². The molecule has 1 fully saturated rings. The third kappa shape index (κ3) is 3.60. The normalized spacial score (nSPS) is 18.2. The Morgan fingerprint density at radius 1 is 0.933 bits per heavy atom. The lowest BCUT2D eigenvalue weighted by Gasteiger charge is -2.32. The van der Waals surface area contributed by atoms with Crippen molar-refractivity contribution in [2.75, 3.05) is 0 Å². The summed E-state index contributed by atoms with van der Waals surface area (Å²) in [5, 5.41) is 20.6. The van der Waals surface area contributed by atoms with Crippen LogP contribution in [0, 0.1) is 0 Å². The Bertz CT molecular complexity index is 1090. The van der Waals surface area contributed by atoms with Crippen molar-refractivity contribution in [1.29, 1.82) is 0 Å². The maximum Gasteiger partial charge on any atom is 0.266 e. The van der Waals surface area contributed by atoms with Gasteiger partial charge in [-0.25, -0.2) is 4.68 Å². The second-order valence-corrected chi connectivity index (χ2v) is 8.72. The van der Waals surface area contributed by atoms with Gasteiger partial charge in [-0.1, -0.05) is 49.6 Å². The van der Waals surface area contributed by atoms with Crippen molar-refractivity contribution in [2.45, 2.75) is 70.1 Å². The van der Waals surface area contributed by atoms with Gasteiger partial charge in [-0.2, -0.15) is 10.2 Å². The molecule has 3 heterocycles. The summed E-state index contributed by atoms with van der Waals surface area (Å²) in [7, 11) is 0. The first-order chi connectivity index (χ1) is 14.6. The van der Waals surface area contributed by atoms with E-state index in [4.69, 9.17) is 10.2 Å². The van der Waals surface area contributed by atoms with E-state index in [2.05, 4.69) is 16.8 Å². The zero-order valence-electron chi connectivity index (χ0n) is 17.3. The Kier molecular flexibility index (Phi) is 5.03. The Hall–Kier alpha value is -2.73. The first kappa shape index (κ1) is 19.2. The average Bonchev–Trinajstić information content (AvgIpc) is 3.16. The van der Waals surface area contributed by atoms with E-state index in [9.17, 15) is 9.90 Å². The van der Waals surface area contributed by atoms with E-state index in [0.29, 0.717) is 0 Å². The van der Waals surface area contributed by atoms with Gasteiger partial charge in [0.1, 0.15) is 5.69 Å². The summed E-state index contributed by atoms with van der Waals surface area (Å²) >= 11 is 0. The molecule has 0 amide bonds. The fourth-order valence-electron chi connectivity index (χ4n) is 4.90. The fraction of sp³-hybridized carbons (Fsp3) is 0.458. The molecule has 6 nitrogen and oxygen atoms in total. The minimum Gasteiger partial charge on any atom is -0.388 e. The highest BCUT2D eigenvalue weighted by molar-refractivity contribution is 5.81. The van der Waals surface area contributed by atoms with Gasteiger partial charge in [-0.15, -0.1) is 0 Å². The SMILES string of the molecule is O=c1ccc(-c2c(-c3ccccc3)nn3c2CCCC3)nn1CC1(O)CCCCC1. The predicted octanol–water partition coefficient (Wildman–Crippen LogP) is 3.81. The van der Waals surface area contributed by atoms with Crippen LogP contribution < -0.4 is 5.56 Å². The molecule has 156 valence electrons. The van der Waals surface area contributed by atoms with Crippen molar-refractivity contribution in [3.8, 4) is 22.5 Å². The maximum absolute atomic E-state index is 12.6. The van der Waals surface area contributed by atoms with Gasteiger partial charge in [0.2, 0.25) is 0 Å². The summed E-state index contributed by atoms with van der Waals surface area (Å²) in [6, 6.07) is 13.6. The maximum atomic E-state index is 12.6. The second-order valence-electron chi connectivity index (χ2n) is 8.72. The summed E-state index contributed by atoms with van der Waals surface area (Å²) < 4.78 is 3.56. The van der Waals surface area contributed by atoms with E-state index in [1.54, 1.807) is 6.07 Å². The molecule has 0 atom stereocenters. The zero-order chi connectivity index (χ0) is 20.6. The number of hydrogen-bond acceptors (Lipinski definition) is 4. The minimum absolute atomic E-state index is 0.167. The van der Waals surface area contributed by atoms with Gasteiger partial charge < -0.3 is 5.11 Å². The van der Waals surface area contributed by atoms with E-state index in [0.717, 1.165) is 80.4 Å². The lowest BCUT2D eigenvalue weighted by Crippen LogP contribution is -2.40. The summed E-state index contributed by atoms with van der Waals surface area (Å²) in [4.78, 5) is 12.6. The van der Waals surface area contributed by atoms with Gasteiger partial charge in [0.15, 0.2) is 0 Å². The largest absolute Gasteiger partial charge is 0.388 e. The smallest absolute Gasteiger partial charge is 0.266 e. The molecule has 2 aliphatic rings. The number of hydrogen-bond donors (Lipinski definition) is 1. The number of rotatable bonds is 4. The summed E-state index contributed by atoms with van der Waals surface area (Å²) in [6.07, 6.45) is 7.82. The molecule has 3 aromatic rings. The molecule has 5 rings (SSSR count). The van der Waals surface area contributed by atoms with Crippen LogP contribution in [0.1, 0.15) is 50.6 Å². The Labute approximate surface area is 176 Å². The van der Waals surface area contributed by atoms with Crippen LogP contribution in [0.2, 0.25) is 0 Å². The van der Waals surface area contributed by atoms with Crippen LogP contribution in [-0.4, -0.2) is 30.3 Å². The van der Waals surface area contributed by atoms with Crippen LogP contribution in [0.25, 0.3) is 22.5 Å². The van der Waals surface area contributed by atoms with Crippen molar-refractivity contribution in [3.63, 3.8) is 0 Å². The highest BCUT2D eigenvalue weighted by atomic mass is 16.3. The van der Waals surface area contributed by atoms with Crippen LogP contribution in [0.3, 0.4) is 0 Å². The number of fused-ring (bicyclic) bond motifs is 1. The Morgan fingerprint density at radius 2 is 1.73 bits per heavy atom. The Balaban J connectivity index is 1.60. The molecule has 1 aliphatic carbocycles. The molecule has 1 aromatic carbocycles. The first-order valence-corrected chi connectivity index (χ1v) is 11.1. The summed E-state index contributed by atoms with van der Waals surface area (Å²) in [5.74, 6) is 0. The zero-order valence-corrected chi connectivity index (χ0v) is 17.3. The Morgan fingerprint density at radius 3 is 2.53 bits per heavy atom. The molecule has 1 aliphatic heterocycles. The van der Waals surface area contributed by atoms with E-state index < -0.39 is 5.60 Å². The number of aromatic nitrogens is 4. The van der Waals surface area contributed by atoms with E-state index in [-0.39, 0.29) is 12.1 Å². The molecule has 1 saturated carbocycles. The molecule has 0 radical (unpaired) electrons. The van der Waals surface area contributed by atoms with Crippen molar-refractivity contribution in [1.82, 2.24) is 19.6 Å². The van der Waals surface area contributed by atoms with Gasteiger partial charge in [0.25, 0.3) is 5.56 Å². The van der Waals surface area contributed by atoms with Crippen LogP contribution >= 0.6 is 0 Å². The lowest BCUT2D eigenvalue weighted by molar-refractivity contribution is -0.0153. The molecule has 0 spiro atoms. The van der Waals surface area contributed by atoms with Gasteiger partial charge >= 0.3 is 0 Å². The van der Waals surface area contributed by atoms with Gasteiger partial charge in [0.05, 0.1) is 23.4 Å². The van der Waals surface area contributed by atoms with Crippen LogP contribution in [0.5, 0.6) is 0 Å². The highest BCUT2D eigenvalue weighted by Crippen LogP contribution is 2.36. The highest BCUT2D eigenvalue weighted by Gasteiger charge is 2.31. The summed E-state index contributed by atoms with van der Waals surface area (Å²) in [6.45, 7) is 1.17. The fourth-order valence-corrected chi connectivity index (χ4v) is 4.90. The number of benzene rings is 1. The molecule has 6 heteroatoms. The second kappa shape index (κ2) is 7.84. The van der Waals surface area contributed by atoms with Crippen molar-refractivity contribution in [2.24, 2.45) is 0 Å². The third-order valence-electron chi connectivity index (χ3n) is 6.49. The van der Waals surface area contributed by atoms with Crippen molar-refractivity contribution < 1.29 is 5.11 Å². The molecule has 0 saturated heterocycles. The van der Waals surface area contributed by atoms with Gasteiger partial charge in [0, 0.05) is 23.9 Å². The third-order valence-corrected chi connectivity index (χ3v) is 6.49. The van der Waals surface area contributed by atoms with Crippen molar-refractivity contribution >= 4 is 0 Å². The molecule has 1 N–H and O–H groups in total. The molecular weight excluding hydrogens is 376 g/mol. The van der Waals surface area contributed by atoms with E-state index in [1.165, 1.54) is 10.4 Å². The number of nitrogens with zero attached hydrogens (tertiary/aromatic N) is 4. The monoisotopic (exact) mass is 404 g/mol. The quantitative estimate of drug-likeness (QED) is 0.718. The first-order valence-electron chi connectivity index (χ1n) is 11.1. The summed E-state index contributed by atoms with van der Waals surface area (Å²) in [5.41, 5.74) is 3.94.